The molecule has 19 heteroatoms. The largest absolute Gasteiger partial charge is 0.478 e. The number of nitrogen functional groups attached to an aromatic ring is 1. The van der Waals surface area contributed by atoms with Gasteiger partial charge in [0.25, 0.3) is 11.8 Å². The number of rotatable bonds is 10. The van der Waals surface area contributed by atoms with Crippen LogP contribution in [0.25, 0.3) is 0 Å². The number of aromatic nitrogens is 1. The lowest BCUT2D eigenvalue weighted by Gasteiger charge is -2.45. The molecule has 7 N–H and O–H groups in total. The average Bonchev–Trinajstić information content (AvgIpc) is 3.35. The van der Waals surface area contributed by atoms with E-state index in [1.165, 1.54) is 19.2 Å². The number of cyclic esters (lactones) is 1. The van der Waals surface area contributed by atoms with E-state index in [4.69, 9.17) is 21.0 Å². The van der Waals surface area contributed by atoms with Crippen molar-refractivity contribution in [3.8, 4) is 0 Å². The maximum absolute atomic E-state index is 13.0. The van der Waals surface area contributed by atoms with E-state index in [1.807, 2.05) is 0 Å². The van der Waals surface area contributed by atoms with Crippen LogP contribution < -0.4 is 16.8 Å². The van der Waals surface area contributed by atoms with Crippen molar-refractivity contribution in [3.63, 3.8) is 0 Å². The molecule has 0 spiro atoms. The Labute approximate surface area is 207 Å². The van der Waals surface area contributed by atoms with Gasteiger partial charge in [-0.05, 0) is 13.8 Å². The molecule has 3 rings (SSSR count). The number of anilines is 1. The zero-order valence-corrected chi connectivity index (χ0v) is 20.5. The van der Waals surface area contributed by atoms with Crippen molar-refractivity contribution >= 4 is 56.4 Å². The Balaban J connectivity index is 1.86. The van der Waals surface area contributed by atoms with Gasteiger partial charge in [0, 0.05) is 18.5 Å². The standard InChI is InChI=1S/C17H23N7O10S2/c1-17(2,14(27)28)34-22-10(8-6-35-15(19)20-8)12(25)21-11-9(24(13(11)26)36(30,31)32)5-23-4-7(3-18)33-16(23)29/h6-7,9,11H,3-5,18H2,1-2H3,(H2,19,20)(H,21,25)(H,27,28)(H,30,31,32)/t7-,9+,11-/m0/s1. The fraction of sp³-hybridized carbons (Fsp3) is 0.529. The number of ether oxygens (including phenoxy) is 1. The van der Waals surface area contributed by atoms with Crippen molar-refractivity contribution in [3.05, 3.63) is 11.1 Å². The number of carboxylic acid groups (broad SMARTS) is 1. The van der Waals surface area contributed by atoms with E-state index in [2.05, 4.69) is 15.5 Å². The summed E-state index contributed by atoms with van der Waals surface area (Å²) in [7, 11) is -5.04. The molecule has 198 valence electrons. The summed E-state index contributed by atoms with van der Waals surface area (Å²) in [5, 5.41) is 16.4. The minimum atomic E-state index is -5.04. The second kappa shape index (κ2) is 9.84. The van der Waals surface area contributed by atoms with Gasteiger partial charge in [0.1, 0.15) is 17.8 Å². The summed E-state index contributed by atoms with van der Waals surface area (Å²) in [6.45, 7) is 1.90. The molecule has 2 aliphatic heterocycles. The molecule has 2 aliphatic rings. The number of carbonyl (C=O) groups excluding carboxylic acids is 3. The van der Waals surface area contributed by atoms with Crippen LogP contribution in [0.1, 0.15) is 19.5 Å². The molecule has 2 saturated heterocycles. The first kappa shape index (κ1) is 27.0. The van der Waals surface area contributed by atoms with Crippen LogP contribution in [0.5, 0.6) is 0 Å². The molecular weight excluding hydrogens is 526 g/mol. The Hall–Kier alpha value is -3.55. The third-order valence-corrected chi connectivity index (χ3v) is 6.81. The Morgan fingerprint density at radius 3 is 2.58 bits per heavy atom. The lowest BCUT2D eigenvalue weighted by Crippen LogP contribution is -2.74. The lowest BCUT2D eigenvalue weighted by molar-refractivity contribution is -0.161. The van der Waals surface area contributed by atoms with Crippen LogP contribution in [-0.2, 0) is 34.3 Å². The normalized spacial score (nSPS) is 22.8. The molecule has 3 heterocycles. The van der Waals surface area contributed by atoms with Gasteiger partial charge in [-0.15, -0.1) is 11.3 Å². The Morgan fingerprint density at radius 2 is 2.08 bits per heavy atom. The lowest BCUT2D eigenvalue weighted by atomic mass is 9.97. The van der Waals surface area contributed by atoms with Gasteiger partial charge in [-0.2, -0.15) is 8.42 Å². The van der Waals surface area contributed by atoms with Crippen LogP contribution >= 0.6 is 11.3 Å². The van der Waals surface area contributed by atoms with Crippen molar-refractivity contribution in [2.24, 2.45) is 10.9 Å². The Bertz CT molecular complexity index is 1210. The van der Waals surface area contributed by atoms with Crippen LogP contribution in [0.4, 0.5) is 9.93 Å². The molecule has 1 aromatic heterocycles. The number of nitrogens with one attached hydrogen (secondary N) is 1. The first-order chi connectivity index (χ1) is 16.7. The van der Waals surface area contributed by atoms with E-state index in [0.717, 1.165) is 16.2 Å². The number of amides is 3. The van der Waals surface area contributed by atoms with E-state index in [0.29, 0.717) is 0 Å². The summed E-state index contributed by atoms with van der Waals surface area (Å²) in [5.41, 5.74) is 8.56. The molecule has 36 heavy (non-hydrogen) atoms. The first-order valence-corrected chi connectivity index (χ1v) is 12.4. The van der Waals surface area contributed by atoms with E-state index < -0.39 is 70.2 Å². The molecule has 0 radical (unpaired) electrons. The number of thiazole rings is 1. The molecule has 0 bridgehead atoms. The monoisotopic (exact) mass is 549 g/mol. The SMILES string of the molecule is CC(C)(ON=C(C(=O)N[C@@H]1C(=O)N(S(=O)(=O)O)[C@@H]1CN1C[C@H](CN)OC1=O)c1csc(N)n1)C(=O)O. The number of carboxylic acids is 1. The van der Waals surface area contributed by atoms with Crippen LogP contribution in [0.3, 0.4) is 0 Å². The minimum absolute atomic E-state index is 0.00268. The van der Waals surface area contributed by atoms with E-state index in [1.54, 1.807) is 0 Å². The molecule has 2 fully saturated rings. The van der Waals surface area contributed by atoms with Crippen molar-refractivity contribution in [1.29, 1.82) is 0 Å². The van der Waals surface area contributed by atoms with Crippen LogP contribution in [0.15, 0.2) is 10.5 Å². The Morgan fingerprint density at radius 1 is 1.42 bits per heavy atom. The molecule has 0 saturated carbocycles. The fourth-order valence-corrected chi connectivity index (χ4v) is 4.64. The number of nitrogens with two attached hydrogens (primary N) is 2. The number of aliphatic carboxylic acids is 1. The van der Waals surface area contributed by atoms with Crippen LogP contribution in [0, 0.1) is 0 Å². The molecule has 0 aromatic carbocycles. The number of β-lactam (4-membered cyclic amide) rings is 1. The molecule has 1 aromatic rings. The summed E-state index contributed by atoms with van der Waals surface area (Å²) in [6, 6.07) is -2.93. The molecule has 0 unspecified atom stereocenters. The van der Waals surface area contributed by atoms with Gasteiger partial charge in [0.05, 0.1) is 12.6 Å². The highest BCUT2D eigenvalue weighted by molar-refractivity contribution is 7.84. The summed E-state index contributed by atoms with van der Waals surface area (Å²) < 4.78 is 38.1. The highest BCUT2D eigenvalue weighted by Crippen LogP contribution is 2.26. The van der Waals surface area contributed by atoms with Gasteiger partial charge in [0.2, 0.25) is 5.60 Å². The first-order valence-electron chi connectivity index (χ1n) is 10.1. The third-order valence-electron chi connectivity index (χ3n) is 5.18. The smallest absolute Gasteiger partial charge is 0.410 e. The van der Waals surface area contributed by atoms with E-state index >= 15 is 0 Å². The van der Waals surface area contributed by atoms with Gasteiger partial charge in [-0.25, -0.2) is 18.9 Å². The molecule has 0 aliphatic carbocycles. The number of nitrogens with zero attached hydrogens (tertiary/aromatic N) is 4. The molecule has 3 atom stereocenters. The van der Waals surface area contributed by atoms with E-state index in [9.17, 15) is 37.3 Å². The second-order valence-electron chi connectivity index (χ2n) is 8.19. The van der Waals surface area contributed by atoms with Gasteiger partial charge < -0.3 is 36.4 Å². The summed E-state index contributed by atoms with van der Waals surface area (Å²) in [4.78, 5) is 58.9. The fourth-order valence-electron chi connectivity index (χ4n) is 3.22. The van der Waals surface area contributed by atoms with Crippen molar-refractivity contribution in [2.45, 2.75) is 37.6 Å². The predicted molar refractivity (Wildman–Crippen MR) is 121 cm³/mol. The van der Waals surface area contributed by atoms with Crippen molar-refractivity contribution < 1.29 is 46.8 Å². The van der Waals surface area contributed by atoms with Gasteiger partial charge in [-0.3, -0.25) is 14.1 Å². The third kappa shape index (κ3) is 5.48. The van der Waals surface area contributed by atoms with E-state index in [-0.39, 0.29) is 28.2 Å². The number of hydrogen-bond acceptors (Lipinski definition) is 13. The van der Waals surface area contributed by atoms with Gasteiger partial charge in [0.15, 0.2) is 10.8 Å². The predicted octanol–water partition coefficient (Wildman–Crippen LogP) is -2.41. The quantitative estimate of drug-likeness (QED) is 0.0882. The number of carbonyl (C=O) groups is 4. The molecular formula is C17H23N7O10S2. The average molecular weight is 550 g/mol. The summed E-state index contributed by atoms with van der Waals surface area (Å²) >= 11 is 0.935. The highest BCUT2D eigenvalue weighted by atomic mass is 32.2. The summed E-state index contributed by atoms with van der Waals surface area (Å²) in [6.07, 6.45) is -1.49. The van der Waals surface area contributed by atoms with Gasteiger partial charge >= 0.3 is 22.4 Å². The van der Waals surface area contributed by atoms with Crippen molar-refractivity contribution in [2.75, 3.05) is 25.4 Å². The van der Waals surface area contributed by atoms with Crippen LogP contribution in [-0.4, -0.2) is 105 Å². The molecule has 17 nitrogen and oxygen atoms in total. The topological polar surface area (TPSA) is 257 Å². The summed E-state index contributed by atoms with van der Waals surface area (Å²) in [5.74, 6) is -3.68. The number of hydrogen-bond donors (Lipinski definition) is 5. The molecule has 3 amide bonds. The van der Waals surface area contributed by atoms with Crippen molar-refractivity contribution in [1.82, 2.24) is 19.5 Å². The van der Waals surface area contributed by atoms with Crippen LogP contribution in [0.2, 0.25) is 0 Å². The zero-order chi connectivity index (χ0) is 27.0. The maximum Gasteiger partial charge on any atom is 0.410 e. The number of oxime groups is 1. The highest BCUT2D eigenvalue weighted by Gasteiger charge is 2.55. The van der Waals surface area contributed by atoms with Gasteiger partial charge in [-0.1, -0.05) is 5.16 Å². The maximum atomic E-state index is 13.0. The Kier molecular flexibility index (Phi) is 7.39. The minimum Gasteiger partial charge on any atom is -0.478 e. The second-order valence-corrected chi connectivity index (χ2v) is 10.4. The zero-order valence-electron chi connectivity index (χ0n) is 18.9.